The molecule has 0 radical (unpaired) electrons. The van der Waals surface area contributed by atoms with Crippen molar-refractivity contribution in [2.45, 2.75) is 52.9 Å². The number of hydrogen-bond acceptors (Lipinski definition) is 2. The topological polar surface area (TPSA) is 21.3 Å². The van der Waals surface area contributed by atoms with Gasteiger partial charge in [0.1, 0.15) is 0 Å². The highest BCUT2D eigenvalue weighted by atomic mass is 16.5. The van der Waals surface area contributed by atoms with Crippen LogP contribution in [-0.4, -0.2) is 26.3 Å². The fourth-order valence-electron chi connectivity index (χ4n) is 1.50. The molecule has 0 spiro atoms. The minimum atomic E-state index is 0.814. The molecule has 0 amide bonds. The lowest BCUT2D eigenvalue weighted by molar-refractivity contribution is 0.124. The molecule has 0 aliphatic heterocycles. The predicted molar refractivity (Wildman–Crippen MR) is 67.3 cm³/mol. The maximum atomic E-state index is 5.57. The van der Waals surface area contributed by atoms with Crippen LogP contribution in [0, 0.1) is 5.92 Å². The van der Waals surface area contributed by atoms with E-state index in [0.29, 0.717) is 0 Å². The standard InChI is InChI=1S/C13H29NO/c1-4-14-10-6-5-7-11-15-12-8-9-13(2)3/h13-14H,4-12H2,1-3H3. The number of nitrogens with one attached hydrogen (secondary N) is 1. The van der Waals surface area contributed by atoms with Crippen molar-refractivity contribution in [1.82, 2.24) is 5.32 Å². The van der Waals surface area contributed by atoms with Gasteiger partial charge < -0.3 is 10.1 Å². The van der Waals surface area contributed by atoms with E-state index in [4.69, 9.17) is 4.74 Å². The molecule has 2 nitrogen and oxygen atoms in total. The monoisotopic (exact) mass is 215 g/mol. The van der Waals surface area contributed by atoms with E-state index in [1.807, 2.05) is 0 Å². The molecular weight excluding hydrogens is 186 g/mol. The van der Waals surface area contributed by atoms with Gasteiger partial charge in [-0.15, -0.1) is 0 Å². The number of ether oxygens (including phenoxy) is 1. The SMILES string of the molecule is CCNCCCCCOCCCC(C)C. The van der Waals surface area contributed by atoms with Gasteiger partial charge in [-0.2, -0.15) is 0 Å². The van der Waals surface area contributed by atoms with Gasteiger partial charge in [0.05, 0.1) is 0 Å². The van der Waals surface area contributed by atoms with E-state index in [1.54, 1.807) is 0 Å². The van der Waals surface area contributed by atoms with Crippen molar-refractivity contribution in [3.8, 4) is 0 Å². The highest BCUT2D eigenvalue weighted by Gasteiger charge is 1.94. The summed E-state index contributed by atoms with van der Waals surface area (Å²) in [4.78, 5) is 0. The Bertz CT molecular complexity index is 115. The second-order valence-electron chi connectivity index (χ2n) is 4.56. The summed E-state index contributed by atoms with van der Waals surface area (Å²) >= 11 is 0. The molecule has 0 rings (SSSR count). The largest absolute Gasteiger partial charge is 0.381 e. The minimum Gasteiger partial charge on any atom is -0.381 e. The van der Waals surface area contributed by atoms with Gasteiger partial charge in [0.25, 0.3) is 0 Å². The Morgan fingerprint density at radius 1 is 1.00 bits per heavy atom. The summed E-state index contributed by atoms with van der Waals surface area (Å²) in [6, 6.07) is 0. The molecule has 15 heavy (non-hydrogen) atoms. The Kier molecular flexibility index (Phi) is 11.9. The molecule has 0 heterocycles. The molecule has 0 unspecified atom stereocenters. The van der Waals surface area contributed by atoms with Gasteiger partial charge in [0.2, 0.25) is 0 Å². The Labute approximate surface area is 95.8 Å². The van der Waals surface area contributed by atoms with Gasteiger partial charge in [0.15, 0.2) is 0 Å². The molecule has 0 aliphatic carbocycles. The van der Waals surface area contributed by atoms with Gasteiger partial charge in [-0.05, 0) is 51.1 Å². The Morgan fingerprint density at radius 2 is 1.73 bits per heavy atom. The first-order valence-corrected chi connectivity index (χ1v) is 6.55. The second-order valence-corrected chi connectivity index (χ2v) is 4.56. The molecular formula is C13H29NO. The van der Waals surface area contributed by atoms with Gasteiger partial charge in [-0.3, -0.25) is 0 Å². The van der Waals surface area contributed by atoms with Crippen LogP contribution in [0.15, 0.2) is 0 Å². The van der Waals surface area contributed by atoms with Crippen LogP contribution in [-0.2, 0) is 4.74 Å². The van der Waals surface area contributed by atoms with E-state index in [2.05, 4.69) is 26.1 Å². The maximum absolute atomic E-state index is 5.57. The Morgan fingerprint density at radius 3 is 2.40 bits per heavy atom. The average Bonchev–Trinajstić information content (AvgIpc) is 2.20. The van der Waals surface area contributed by atoms with Crippen LogP contribution in [0.5, 0.6) is 0 Å². The summed E-state index contributed by atoms with van der Waals surface area (Å²) in [5.41, 5.74) is 0. The number of unbranched alkanes of at least 4 members (excludes halogenated alkanes) is 2. The van der Waals surface area contributed by atoms with E-state index in [1.165, 1.54) is 32.1 Å². The summed E-state index contributed by atoms with van der Waals surface area (Å²) in [7, 11) is 0. The highest BCUT2D eigenvalue weighted by Crippen LogP contribution is 2.03. The molecule has 0 aromatic heterocycles. The number of hydrogen-bond donors (Lipinski definition) is 1. The lowest BCUT2D eigenvalue weighted by Crippen LogP contribution is -2.13. The molecule has 0 fully saturated rings. The normalized spacial score (nSPS) is 11.2. The van der Waals surface area contributed by atoms with Crippen LogP contribution in [0.3, 0.4) is 0 Å². The van der Waals surface area contributed by atoms with Gasteiger partial charge in [-0.25, -0.2) is 0 Å². The zero-order valence-electron chi connectivity index (χ0n) is 10.8. The van der Waals surface area contributed by atoms with Crippen LogP contribution < -0.4 is 5.32 Å². The van der Waals surface area contributed by atoms with Crippen molar-refractivity contribution in [2.24, 2.45) is 5.92 Å². The van der Waals surface area contributed by atoms with Gasteiger partial charge >= 0.3 is 0 Å². The van der Waals surface area contributed by atoms with E-state index >= 15 is 0 Å². The van der Waals surface area contributed by atoms with Crippen LogP contribution >= 0.6 is 0 Å². The van der Waals surface area contributed by atoms with Crippen molar-refractivity contribution in [3.05, 3.63) is 0 Å². The third-order valence-corrected chi connectivity index (χ3v) is 2.46. The summed E-state index contributed by atoms with van der Waals surface area (Å²) < 4.78 is 5.57. The summed E-state index contributed by atoms with van der Waals surface area (Å²) in [6.45, 7) is 10.8. The Balaban J connectivity index is 2.87. The molecule has 1 N–H and O–H groups in total. The quantitative estimate of drug-likeness (QED) is 0.534. The first-order valence-electron chi connectivity index (χ1n) is 6.55. The smallest absolute Gasteiger partial charge is 0.0466 e. The number of rotatable bonds is 11. The van der Waals surface area contributed by atoms with Crippen LogP contribution in [0.2, 0.25) is 0 Å². The fourth-order valence-corrected chi connectivity index (χ4v) is 1.50. The zero-order valence-corrected chi connectivity index (χ0v) is 10.8. The average molecular weight is 215 g/mol. The lowest BCUT2D eigenvalue weighted by atomic mass is 10.1. The van der Waals surface area contributed by atoms with Crippen LogP contribution in [0.25, 0.3) is 0 Å². The van der Waals surface area contributed by atoms with Crippen molar-refractivity contribution in [2.75, 3.05) is 26.3 Å². The van der Waals surface area contributed by atoms with Crippen LogP contribution in [0.1, 0.15) is 52.9 Å². The van der Waals surface area contributed by atoms with Crippen molar-refractivity contribution >= 4 is 0 Å². The maximum Gasteiger partial charge on any atom is 0.0466 e. The van der Waals surface area contributed by atoms with Crippen molar-refractivity contribution < 1.29 is 4.74 Å². The highest BCUT2D eigenvalue weighted by molar-refractivity contribution is 4.47. The first-order chi connectivity index (χ1) is 7.27. The molecule has 0 atom stereocenters. The van der Waals surface area contributed by atoms with E-state index in [-0.39, 0.29) is 0 Å². The lowest BCUT2D eigenvalue weighted by Gasteiger charge is -2.06. The second kappa shape index (κ2) is 12.0. The third-order valence-electron chi connectivity index (χ3n) is 2.46. The molecule has 0 saturated heterocycles. The third kappa shape index (κ3) is 13.9. The first kappa shape index (κ1) is 14.9. The van der Waals surface area contributed by atoms with E-state index in [0.717, 1.165) is 32.2 Å². The predicted octanol–water partition coefficient (Wildman–Crippen LogP) is 3.22. The van der Waals surface area contributed by atoms with Crippen LogP contribution in [0.4, 0.5) is 0 Å². The summed E-state index contributed by atoms with van der Waals surface area (Å²) in [5, 5.41) is 3.33. The molecule has 0 aliphatic rings. The molecule has 0 bridgehead atoms. The molecule has 0 aromatic carbocycles. The summed E-state index contributed by atoms with van der Waals surface area (Å²) in [6.07, 6.45) is 6.29. The fraction of sp³-hybridized carbons (Fsp3) is 1.00. The zero-order chi connectivity index (χ0) is 11.4. The van der Waals surface area contributed by atoms with Gasteiger partial charge in [0, 0.05) is 13.2 Å². The molecule has 0 saturated carbocycles. The van der Waals surface area contributed by atoms with E-state index < -0.39 is 0 Å². The van der Waals surface area contributed by atoms with E-state index in [9.17, 15) is 0 Å². The van der Waals surface area contributed by atoms with Crippen molar-refractivity contribution in [1.29, 1.82) is 0 Å². The molecule has 92 valence electrons. The van der Waals surface area contributed by atoms with Crippen molar-refractivity contribution in [3.63, 3.8) is 0 Å². The molecule has 2 heteroatoms. The minimum absolute atomic E-state index is 0.814. The van der Waals surface area contributed by atoms with Gasteiger partial charge in [-0.1, -0.05) is 20.8 Å². The molecule has 0 aromatic rings. The summed E-state index contributed by atoms with van der Waals surface area (Å²) in [5.74, 6) is 0.814. The Hall–Kier alpha value is -0.0800.